The van der Waals surface area contributed by atoms with Gasteiger partial charge in [-0.2, -0.15) is 0 Å². The molecule has 2 amide bonds. The summed E-state index contributed by atoms with van der Waals surface area (Å²) in [5, 5.41) is 0. The van der Waals surface area contributed by atoms with Crippen molar-refractivity contribution in [3.05, 3.63) is 29.8 Å². The monoisotopic (exact) mass is 248 g/mol. The van der Waals surface area contributed by atoms with E-state index in [-0.39, 0.29) is 18.1 Å². The first kappa shape index (κ1) is 12.7. The van der Waals surface area contributed by atoms with Crippen LogP contribution in [0.5, 0.6) is 5.75 Å². The maximum absolute atomic E-state index is 12.1. The Balaban J connectivity index is 2.20. The minimum Gasteiger partial charge on any atom is -0.497 e. The Kier molecular flexibility index (Phi) is 3.45. The highest BCUT2D eigenvalue weighted by molar-refractivity contribution is 5.77. The van der Waals surface area contributed by atoms with Crippen LogP contribution in [0.15, 0.2) is 24.3 Å². The maximum atomic E-state index is 12.1. The second-order valence-electron chi connectivity index (χ2n) is 4.93. The Bertz CT molecular complexity index is 428. The quantitative estimate of drug-likeness (QED) is 0.823. The molecule has 1 atom stereocenters. The molecule has 0 aliphatic carbocycles. The third-order valence-corrected chi connectivity index (χ3v) is 3.51. The fourth-order valence-electron chi connectivity index (χ4n) is 2.31. The molecule has 0 spiro atoms. The van der Waals surface area contributed by atoms with E-state index in [1.54, 1.807) is 7.11 Å². The summed E-state index contributed by atoms with van der Waals surface area (Å²) in [6.45, 7) is 4.84. The lowest BCUT2D eigenvalue weighted by Crippen LogP contribution is -2.34. The van der Waals surface area contributed by atoms with Gasteiger partial charge in [0.1, 0.15) is 5.75 Å². The zero-order valence-electron chi connectivity index (χ0n) is 11.4. The molecule has 1 aromatic rings. The van der Waals surface area contributed by atoms with Crippen LogP contribution in [0.1, 0.15) is 25.5 Å². The predicted octanol–water partition coefficient (Wildman–Crippen LogP) is 2.51. The Morgan fingerprint density at radius 3 is 2.33 bits per heavy atom. The topological polar surface area (TPSA) is 32.8 Å². The number of urea groups is 1. The number of nitrogens with zero attached hydrogens (tertiary/aromatic N) is 2. The Hall–Kier alpha value is -1.71. The Morgan fingerprint density at radius 2 is 1.89 bits per heavy atom. The molecule has 1 fully saturated rings. The maximum Gasteiger partial charge on any atom is 0.320 e. The lowest BCUT2D eigenvalue weighted by Gasteiger charge is -2.19. The molecule has 0 saturated carbocycles. The fourth-order valence-corrected chi connectivity index (χ4v) is 2.31. The van der Waals surface area contributed by atoms with Gasteiger partial charge >= 0.3 is 6.03 Å². The highest BCUT2D eigenvalue weighted by Crippen LogP contribution is 2.30. The summed E-state index contributed by atoms with van der Waals surface area (Å²) in [7, 11) is 3.51. The van der Waals surface area contributed by atoms with Gasteiger partial charge in [0, 0.05) is 19.6 Å². The number of amides is 2. The first-order valence-corrected chi connectivity index (χ1v) is 6.22. The van der Waals surface area contributed by atoms with E-state index in [1.807, 2.05) is 55.0 Å². The van der Waals surface area contributed by atoms with Gasteiger partial charge < -0.3 is 14.5 Å². The zero-order valence-corrected chi connectivity index (χ0v) is 11.4. The third-order valence-electron chi connectivity index (χ3n) is 3.51. The number of methoxy groups -OCH3 is 1. The van der Waals surface area contributed by atoms with Crippen LogP contribution in [0.2, 0.25) is 0 Å². The second kappa shape index (κ2) is 4.88. The van der Waals surface area contributed by atoms with Gasteiger partial charge in [0.15, 0.2) is 0 Å². The zero-order chi connectivity index (χ0) is 13.3. The van der Waals surface area contributed by atoms with Crippen molar-refractivity contribution in [3.63, 3.8) is 0 Å². The first-order valence-electron chi connectivity index (χ1n) is 6.22. The minimum atomic E-state index is 0.103. The number of ether oxygens (including phenoxy) is 1. The molecule has 18 heavy (non-hydrogen) atoms. The van der Waals surface area contributed by atoms with Crippen molar-refractivity contribution in [2.24, 2.45) is 0 Å². The van der Waals surface area contributed by atoms with Gasteiger partial charge in [0.25, 0.3) is 0 Å². The number of hydrogen-bond acceptors (Lipinski definition) is 2. The van der Waals surface area contributed by atoms with E-state index < -0.39 is 0 Å². The van der Waals surface area contributed by atoms with E-state index in [2.05, 4.69) is 0 Å². The van der Waals surface area contributed by atoms with Gasteiger partial charge in [-0.25, -0.2) is 4.79 Å². The molecule has 0 aromatic heterocycles. The van der Waals surface area contributed by atoms with Crippen LogP contribution in [0.3, 0.4) is 0 Å². The van der Waals surface area contributed by atoms with Gasteiger partial charge in [-0.15, -0.1) is 0 Å². The number of hydrogen-bond donors (Lipinski definition) is 0. The molecule has 0 bridgehead atoms. The Morgan fingerprint density at radius 1 is 1.28 bits per heavy atom. The first-order chi connectivity index (χ1) is 8.54. The van der Waals surface area contributed by atoms with E-state index in [4.69, 9.17) is 4.74 Å². The molecule has 1 heterocycles. The standard InChI is InChI=1S/C14H20N2O2/c1-10(2)16-9-13(15(3)14(16)17)11-5-7-12(18-4)8-6-11/h5-8,10,13H,9H2,1-4H3. The molecule has 2 rings (SSSR count). The summed E-state index contributed by atoms with van der Waals surface area (Å²) in [5.41, 5.74) is 1.15. The molecule has 98 valence electrons. The molecule has 1 unspecified atom stereocenters. The van der Waals surface area contributed by atoms with Crippen LogP contribution in [0, 0.1) is 0 Å². The molecule has 0 radical (unpaired) electrons. The average molecular weight is 248 g/mol. The Labute approximate surface area is 108 Å². The van der Waals surface area contributed by atoms with Crippen LogP contribution >= 0.6 is 0 Å². The van der Waals surface area contributed by atoms with Crippen molar-refractivity contribution in [2.45, 2.75) is 25.9 Å². The molecule has 4 nitrogen and oxygen atoms in total. The fraction of sp³-hybridized carbons (Fsp3) is 0.500. The van der Waals surface area contributed by atoms with Gasteiger partial charge in [0.2, 0.25) is 0 Å². The van der Waals surface area contributed by atoms with Gasteiger partial charge in [-0.1, -0.05) is 12.1 Å². The van der Waals surface area contributed by atoms with Gasteiger partial charge in [-0.05, 0) is 31.5 Å². The summed E-state index contributed by atoms with van der Waals surface area (Å²) in [4.78, 5) is 15.8. The average Bonchev–Trinajstić information content (AvgIpc) is 2.67. The van der Waals surface area contributed by atoms with Gasteiger partial charge in [0.05, 0.1) is 13.2 Å². The van der Waals surface area contributed by atoms with Crippen LogP contribution in [0.25, 0.3) is 0 Å². The molecule has 1 aromatic carbocycles. The summed E-state index contributed by atoms with van der Waals surface area (Å²) in [6, 6.07) is 8.39. The molecule has 1 aliphatic heterocycles. The lowest BCUT2D eigenvalue weighted by atomic mass is 10.1. The normalized spacial score (nSPS) is 19.8. The van der Waals surface area contributed by atoms with Crippen molar-refractivity contribution in [3.8, 4) is 5.75 Å². The van der Waals surface area contributed by atoms with E-state index in [0.717, 1.165) is 17.9 Å². The van der Waals surface area contributed by atoms with E-state index in [9.17, 15) is 4.79 Å². The SMILES string of the molecule is COc1ccc(C2CN(C(C)C)C(=O)N2C)cc1. The highest BCUT2D eigenvalue weighted by Gasteiger charge is 2.36. The summed E-state index contributed by atoms with van der Waals surface area (Å²) < 4.78 is 5.15. The van der Waals surface area contributed by atoms with Crippen molar-refractivity contribution in [1.82, 2.24) is 9.80 Å². The van der Waals surface area contributed by atoms with Crippen LogP contribution in [0.4, 0.5) is 4.79 Å². The number of benzene rings is 1. The number of rotatable bonds is 3. The second-order valence-corrected chi connectivity index (χ2v) is 4.93. The lowest BCUT2D eigenvalue weighted by molar-refractivity contribution is 0.187. The number of likely N-dealkylation sites (N-methyl/N-ethyl adjacent to an activating group) is 1. The molecule has 1 aliphatic rings. The van der Waals surface area contributed by atoms with Crippen LogP contribution < -0.4 is 4.74 Å². The predicted molar refractivity (Wildman–Crippen MR) is 70.7 cm³/mol. The molecule has 0 N–H and O–H groups in total. The molecule has 4 heteroatoms. The highest BCUT2D eigenvalue weighted by atomic mass is 16.5. The number of carbonyl (C=O) groups is 1. The van der Waals surface area contributed by atoms with Crippen molar-refractivity contribution in [1.29, 1.82) is 0 Å². The minimum absolute atomic E-state index is 0.103. The largest absolute Gasteiger partial charge is 0.497 e. The molecular weight excluding hydrogens is 228 g/mol. The van der Waals surface area contributed by atoms with Crippen LogP contribution in [-0.4, -0.2) is 42.6 Å². The summed E-state index contributed by atoms with van der Waals surface area (Å²) in [5.74, 6) is 0.839. The summed E-state index contributed by atoms with van der Waals surface area (Å²) >= 11 is 0. The molecular formula is C14H20N2O2. The van der Waals surface area contributed by atoms with Crippen molar-refractivity contribution < 1.29 is 9.53 Å². The van der Waals surface area contributed by atoms with E-state index >= 15 is 0 Å². The van der Waals surface area contributed by atoms with E-state index in [0.29, 0.717) is 0 Å². The smallest absolute Gasteiger partial charge is 0.320 e. The van der Waals surface area contributed by atoms with Crippen LogP contribution in [-0.2, 0) is 0 Å². The van der Waals surface area contributed by atoms with Crippen molar-refractivity contribution >= 4 is 6.03 Å². The van der Waals surface area contributed by atoms with E-state index in [1.165, 1.54) is 0 Å². The van der Waals surface area contributed by atoms with Gasteiger partial charge in [-0.3, -0.25) is 0 Å². The summed E-state index contributed by atoms with van der Waals surface area (Å²) in [6.07, 6.45) is 0. The van der Waals surface area contributed by atoms with Crippen molar-refractivity contribution in [2.75, 3.05) is 20.7 Å². The third kappa shape index (κ3) is 2.15. The number of carbonyl (C=O) groups excluding carboxylic acids is 1. The molecule has 1 saturated heterocycles.